The quantitative estimate of drug-likeness (QED) is 0.289. The zero-order valence-electron chi connectivity index (χ0n) is 15.6. The highest BCUT2D eigenvalue weighted by atomic mass is 35.5. The molecule has 0 aliphatic heterocycles. The van der Waals surface area contributed by atoms with Crippen LogP contribution in [0.1, 0.15) is 39.6 Å². The molecule has 1 N–H and O–H groups in total. The topological polar surface area (TPSA) is 116 Å². The monoisotopic (exact) mass is 418 g/mol. The number of halogens is 1. The molecule has 152 valence electrons. The third kappa shape index (κ3) is 6.39. The van der Waals surface area contributed by atoms with Crippen LogP contribution < -0.4 is 5.32 Å². The van der Waals surface area contributed by atoms with E-state index >= 15 is 0 Å². The number of ketones is 1. The molecule has 0 aliphatic carbocycles. The van der Waals surface area contributed by atoms with Crippen LogP contribution in [0, 0.1) is 10.1 Å². The van der Waals surface area contributed by atoms with Gasteiger partial charge in [0.2, 0.25) is 0 Å². The van der Waals surface area contributed by atoms with E-state index in [9.17, 15) is 24.5 Å². The molecule has 0 radical (unpaired) electrons. The fourth-order valence-electron chi connectivity index (χ4n) is 2.47. The van der Waals surface area contributed by atoms with Gasteiger partial charge in [0.05, 0.1) is 4.92 Å². The minimum atomic E-state index is -0.808. The minimum Gasteiger partial charge on any atom is -0.456 e. The molecule has 0 aliphatic rings. The van der Waals surface area contributed by atoms with Gasteiger partial charge >= 0.3 is 5.97 Å². The third-order valence-electron chi connectivity index (χ3n) is 3.98. The second-order valence-electron chi connectivity index (χ2n) is 6.14. The molecule has 0 bridgehead atoms. The van der Waals surface area contributed by atoms with Gasteiger partial charge in [-0.25, -0.2) is 0 Å². The molecule has 2 aromatic rings. The number of nitro benzene ring substituents is 1. The smallest absolute Gasteiger partial charge is 0.325 e. The summed E-state index contributed by atoms with van der Waals surface area (Å²) < 4.78 is 4.87. The van der Waals surface area contributed by atoms with E-state index in [4.69, 9.17) is 16.3 Å². The van der Waals surface area contributed by atoms with Gasteiger partial charge in [0, 0.05) is 17.2 Å². The number of Topliss-reactive ketones (excluding diaryl/α,β-unsaturated/α-hetero) is 1. The Balaban J connectivity index is 1.83. The van der Waals surface area contributed by atoms with E-state index < -0.39 is 35.6 Å². The number of carbonyl (C=O) groups excluding carboxylic acids is 3. The van der Waals surface area contributed by atoms with Crippen LogP contribution >= 0.6 is 11.6 Å². The Labute approximate surface area is 172 Å². The summed E-state index contributed by atoms with van der Waals surface area (Å²) in [6.45, 7) is 1.12. The van der Waals surface area contributed by atoms with Crippen molar-refractivity contribution < 1.29 is 24.0 Å². The second kappa shape index (κ2) is 10.3. The molecule has 1 amide bonds. The van der Waals surface area contributed by atoms with E-state index in [1.54, 1.807) is 12.1 Å². The third-order valence-corrected chi connectivity index (χ3v) is 4.30. The molecule has 8 nitrogen and oxygen atoms in total. The van der Waals surface area contributed by atoms with Crippen molar-refractivity contribution in [2.75, 3.05) is 13.2 Å². The number of nitrogens with zero attached hydrogens (tertiary/aromatic N) is 1. The zero-order chi connectivity index (χ0) is 21.4. The van der Waals surface area contributed by atoms with E-state index in [0.717, 1.165) is 24.5 Å². The lowest BCUT2D eigenvalue weighted by Gasteiger charge is -2.07. The van der Waals surface area contributed by atoms with Crippen molar-refractivity contribution >= 4 is 34.9 Å². The number of benzene rings is 2. The summed E-state index contributed by atoms with van der Waals surface area (Å²) in [5.41, 5.74) is 1.09. The van der Waals surface area contributed by atoms with Crippen molar-refractivity contribution in [1.29, 1.82) is 0 Å². The second-order valence-corrected chi connectivity index (χ2v) is 6.54. The molecule has 9 heteroatoms. The molecular weight excluding hydrogens is 400 g/mol. The van der Waals surface area contributed by atoms with Gasteiger partial charge in [-0.05, 0) is 24.1 Å². The number of nitrogens with one attached hydrogen (secondary N) is 1. The standard InChI is InChI=1S/C20H19ClN2O6/c1-2-3-13-4-6-14(7-5-13)18(24)12-29-19(25)11-22-20(26)15-8-9-16(21)17(10-15)23(27)28/h4-10H,2-3,11-12H2,1H3,(H,22,26). The number of aryl methyl sites for hydroxylation is 1. The predicted molar refractivity (Wildman–Crippen MR) is 106 cm³/mol. The Kier molecular flexibility index (Phi) is 7.85. The highest BCUT2D eigenvalue weighted by molar-refractivity contribution is 6.32. The van der Waals surface area contributed by atoms with Gasteiger partial charge < -0.3 is 10.1 Å². The molecule has 0 fully saturated rings. The lowest BCUT2D eigenvalue weighted by molar-refractivity contribution is -0.384. The van der Waals surface area contributed by atoms with Gasteiger partial charge in [0.15, 0.2) is 12.4 Å². The Bertz CT molecular complexity index is 927. The van der Waals surface area contributed by atoms with Crippen LogP contribution in [0.2, 0.25) is 5.02 Å². The van der Waals surface area contributed by atoms with Gasteiger partial charge in [0.1, 0.15) is 11.6 Å². The van der Waals surface area contributed by atoms with Crippen molar-refractivity contribution in [1.82, 2.24) is 5.32 Å². The van der Waals surface area contributed by atoms with E-state index in [2.05, 4.69) is 12.2 Å². The lowest BCUT2D eigenvalue weighted by atomic mass is 10.1. The predicted octanol–water partition coefficient (Wildman–Crippen LogP) is 3.36. The average molecular weight is 419 g/mol. The molecule has 0 atom stereocenters. The average Bonchev–Trinajstić information content (AvgIpc) is 2.71. The van der Waals surface area contributed by atoms with Gasteiger partial charge in [-0.2, -0.15) is 0 Å². The molecular formula is C20H19ClN2O6. The number of carbonyl (C=O) groups is 3. The molecule has 2 aromatic carbocycles. The molecule has 0 spiro atoms. The summed E-state index contributed by atoms with van der Waals surface area (Å²) in [4.78, 5) is 46.0. The fourth-order valence-corrected chi connectivity index (χ4v) is 2.66. The van der Waals surface area contributed by atoms with Crippen molar-refractivity contribution in [2.45, 2.75) is 19.8 Å². The molecule has 2 rings (SSSR count). The molecule has 29 heavy (non-hydrogen) atoms. The maximum atomic E-state index is 12.1. The SMILES string of the molecule is CCCc1ccc(C(=O)COC(=O)CNC(=O)c2ccc(Cl)c([N+](=O)[O-])c2)cc1. The number of amides is 1. The summed E-state index contributed by atoms with van der Waals surface area (Å²) in [5.74, 6) is -1.88. The first kappa shape index (κ1) is 22.0. The molecule has 0 saturated carbocycles. The maximum Gasteiger partial charge on any atom is 0.325 e. The number of hydrogen-bond donors (Lipinski definition) is 1. The number of hydrogen-bond acceptors (Lipinski definition) is 6. The van der Waals surface area contributed by atoms with Crippen molar-refractivity contribution in [3.63, 3.8) is 0 Å². The number of nitro groups is 1. The summed E-state index contributed by atoms with van der Waals surface area (Å²) >= 11 is 5.69. The van der Waals surface area contributed by atoms with Crippen LogP contribution in [0.3, 0.4) is 0 Å². The first-order valence-corrected chi connectivity index (χ1v) is 9.19. The number of rotatable bonds is 9. The molecule has 0 unspecified atom stereocenters. The Morgan fingerprint density at radius 2 is 1.76 bits per heavy atom. The van der Waals surface area contributed by atoms with Crippen molar-refractivity contribution in [3.05, 3.63) is 74.3 Å². The Morgan fingerprint density at radius 1 is 1.10 bits per heavy atom. The van der Waals surface area contributed by atoms with Gasteiger partial charge in [-0.15, -0.1) is 0 Å². The summed E-state index contributed by atoms with van der Waals surface area (Å²) in [6, 6.07) is 10.6. The Morgan fingerprint density at radius 3 is 2.38 bits per heavy atom. The normalized spacial score (nSPS) is 10.3. The fraction of sp³-hybridized carbons (Fsp3) is 0.250. The van der Waals surface area contributed by atoms with Gasteiger partial charge in [0.25, 0.3) is 11.6 Å². The first-order valence-electron chi connectivity index (χ1n) is 8.81. The largest absolute Gasteiger partial charge is 0.456 e. The summed E-state index contributed by atoms with van der Waals surface area (Å²) in [5, 5.41) is 13.0. The maximum absolute atomic E-state index is 12.1. The first-order chi connectivity index (χ1) is 13.8. The van der Waals surface area contributed by atoms with Crippen LogP contribution in [0.15, 0.2) is 42.5 Å². The van der Waals surface area contributed by atoms with E-state index in [0.29, 0.717) is 5.56 Å². The highest BCUT2D eigenvalue weighted by Gasteiger charge is 2.17. The van der Waals surface area contributed by atoms with Crippen molar-refractivity contribution in [3.8, 4) is 0 Å². The van der Waals surface area contributed by atoms with Crippen LogP contribution in [-0.2, 0) is 16.0 Å². The van der Waals surface area contributed by atoms with Crippen molar-refractivity contribution in [2.24, 2.45) is 0 Å². The number of ether oxygens (including phenoxy) is 1. The summed E-state index contributed by atoms with van der Waals surface area (Å²) in [6.07, 6.45) is 1.92. The molecule has 0 heterocycles. The van der Waals surface area contributed by atoms with Crippen LogP contribution in [-0.4, -0.2) is 35.7 Å². The molecule has 0 aromatic heterocycles. The van der Waals surface area contributed by atoms with Gasteiger partial charge in [-0.1, -0.05) is 49.2 Å². The Hall–Kier alpha value is -3.26. The van der Waals surface area contributed by atoms with Gasteiger partial charge in [-0.3, -0.25) is 24.5 Å². The van der Waals surface area contributed by atoms with E-state index in [-0.39, 0.29) is 16.4 Å². The lowest BCUT2D eigenvalue weighted by Crippen LogP contribution is -2.31. The zero-order valence-corrected chi connectivity index (χ0v) is 16.4. The van der Waals surface area contributed by atoms with Crippen LogP contribution in [0.5, 0.6) is 0 Å². The van der Waals surface area contributed by atoms with Crippen LogP contribution in [0.4, 0.5) is 5.69 Å². The minimum absolute atomic E-state index is 0.0304. The summed E-state index contributed by atoms with van der Waals surface area (Å²) in [7, 11) is 0. The highest BCUT2D eigenvalue weighted by Crippen LogP contribution is 2.24. The number of esters is 1. The van der Waals surface area contributed by atoms with E-state index in [1.165, 1.54) is 12.1 Å². The molecule has 0 saturated heterocycles. The van der Waals surface area contributed by atoms with Crippen LogP contribution in [0.25, 0.3) is 0 Å². The van der Waals surface area contributed by atoms with E-state index in [1.807, 2.05) is 12.1 Å².